The first-order valence-electron chi connectivity index (χ1n) is 7.92. The topological polar surface area (TPSA) is 75.9 Å². The first-order valence-corrected chi connectivity index (χ1v) is 7.92. The van der Waals surface area contributed by atoms with Crippen LogP contribution in [0, 0.1) is 6.92 Å². The van der Waals surface area contributed by atoms with Crippen molar-refractivity contribution >= 4 is 28.4 Å². The number of nitrogens with one attached hydrogen (secondary N) is 1. The number of aryl methyl sites for hydroxylation is 2. The van der Waals surface area contributed by atoms with Crippen LogP contribution in [0.4, 0.5) is 11.5 Å². The summed E-state index contributed by atoms with van der Waals surface area (Å²) in [5, 5.41) is 7.40. The minimum atomic E-state index is -0.292. The Morgan fingerprint density at radius 2 is 1.96 bits per heavy atom. The largest absolute Gasteiger partial charge is 0.357 e. The maximum absolute atomic E-state index is 12.7. The fraction of sp³-hybridized carbons (Fsp3) is 0.294. The molecule has 0 aliphatic carbocycles. The van der Waals surface area contributed by atoms with Gasteiger partial charge in [0.05, 0.1) is 28.6 Å². The zero-order valence-electron chi connectivity index (χ0n) is 13.6. The average molecular weight is 322 g/mol. The molecule has 24 heavy (non-hydrogen) atoms. The summed E-state index contributed by atoms with van der Waals surface area (Å²) in [4.78, 5) is 23.6. The van der Waals surface area contributed by atoms with E-state index in [-0.39, 0.29) is 11.9 Å². The first kappa shape index (κ1) is 14.6. The number of carbonyl (C=O) groups is 1. The molecule has 0 bridgehead atoms. The standard InChI is InChI=1S/C17H18N6O/c1-11-16(20-14-6-4-3-5-13(14)19-11)21-15-7-8-23(17(15)24)12-9-18-22(2)10-12/h3-6,9-10,15H,7-8H2,1-2H3,(H,20,21). The Balaban J connectivity index is 1.58. The van der Waals surface area contributed by atoms with Gasteiger partial charge in [-0.1, -0.05) is 12.1 Å². The fourth-order valence-electron chi connectivity index (χ4n) is 3.01. The van der Waals surface area contributed by atoms with E-state index in [1.165, 1.54) is 0 Å². The molecule has 7 nitrogen and oxygen atoms in total. The molecule has 0 spiro atoms. The third-order valence-electron chi connectivity index (χ3n) is 4.26. The molecule has 1 amide bonds. The summed E-state index contributed by atoms with van der Waals surface area (Å²) in [6, 6.07) is 7.44. The molecule has 1 N–H and O–H groups in total. The predicted molar refractivity (Wildman–Crippen MR) is 91.9 cm³/mol. The highest BCUT2D eigenvalue weighted by Gasteiger charge is 2.33. The quantitative estimate of drug-likeness (QED) is 0.797. The molecule has 1 saturated heterocycles. The van der Waals surface area contributed by atoms with E-state index in [0.717, 1.165) is 28.8 Å². The smallest absolute Gasteiger partial charge is 0.249 e. The lowest BCUT2D eigenvalue weighted by molar-refractivity contribution is -0.117. The number of nitrogens with zero attached hydrogens (tertiary/aromatic N) is 5. The van der Waals surface area contributed by atoms with E-state index in [1.54, 1.807) is 15.8 Å². The molecule has 0 radical (unpaired) electrons. The van der Waals surface area contributed by atoms with Crippen molar-refractivity contribution < 1.29 is 4.79 Å². The summed E-state index contributed by atoms with van der Waals surface area (Å²) in [7, 11) is 1.84. The Morgan fingerprint density at radius 3 is 2.67 bits per heavy atom. The van der Waals surface area contributed by atoms with Crippen molar-refractivity contribution in [3.63, 3.8) is 0 Å². The molecule has 122 valence electrons. The zero-order chi connectivity index (χ0) is 16.7. The molecule has 2 aromatic heterocycles. The van der Waals surface area contributed by atoms with Crippen molar-refractivity contribution in [2.75, 3.05) is 16.8 Å². The Morgan fingerprint density at radius 1 is 1.21 bits per heavy atom. The normalized spacial score (nSPS) is 17.7. The summed E-state index contributed by atoms with van der Waals surface area (Å²) in [6.45, 7) is 2.57. The molecule has 1 atom stereocenters. The van der Waals surface area contributed by atoms with Crippen LogP contribution < -0.4 is 10.2 Å². The van der Waals surface area contributed by atoms with Crippen LogP contribution in [0.25, 0.3) is 11.0 Å². The number of carbonyl (C=O) groups excluding carboxylic acids is 1. The van der Waals surface area contributed by atoms with E-state index in [0.29, 0.717) is 12.4 Å². The van der Waals surface area contributed by atoms with Gasteiger partial charge in [0.25, 0.3) is 0 Å². The maximum Gasteiger partial charge on any atom is 0.249 e. The molecule has 4 rings (SSSR count). The van der Waals surface area contributed by atoms with Crippen molar-refractivity contribution in [3.8, 4) is 0 Å². The van der Waals surface area contributed by atoms with Gasteiger partial charge in [0.2, 0.25) is 5.91 Å². The number of rotatable bonds is 3. The Labute approximate surface area is 139 Å². The van der Waals surface area contributed by atoms with Gasteiger partial charge in [-0.3, -0.25) is 9.48 Å². The number of para-hydroxylation sites is 2. The van der Waals surface area contributed by atoms with Crippen LogP contribution >= 0.6 is 0 Å². The minimum Gasteiger partial charge on any atom is -0.357 e. The van der Waals surface area contributed by atoms with Gasteiger partial charge in [-0.15, -0.1) is 0 Å². The van der Waals surface area contributed by atoms with Crippen molar-refractivity contribution in [1.29, 1.82) is 0 Å². The fourth-order valence-corrected chi connectivity index (χ4v) is 3.01. The second-order valence-corrected chi connectivity index (χ2v) is 5.99. The van der Waals surface area contributed by atoms with Crippen LogP contribution in [-0.4, -0.2) is 38.2 Å². The minimum absolute atomic E-state index is 0.0392. The molecule has 1 aromatic carbocycles. The molecule has 1 aliphatic heterocycles. The number of hydrogen-bond acceptors (Lipinski definition) is 5. The van der Waals surface area contributed by atoms with Gasteiger partial charge in [0, 0.05) is 19.8 Å². The van der Waals surface area contributed by atoms with E-state index in [4.69, 9.17) is 0 Å². The van der Waals surface area contributed by atoms with Gasteiger partial charge < -0.3 is 10.2 Å². The summed E-state index contributed by atoms with van der Waals surface area (Å²) < 4.78 is 1.70. The molecule has 3 heterocycles. The third-order valence-corrected chi connectivity index (χ3v) is 4.26. The van der Waals surface area contributed by atoms with E-state index in [1.807, 2.05) is 44.4 Å². The molecule has 0 saturated carbocycles. The Kier molecular flexibility index (Phi) is 3.41. The second-order valence-electron chi connectivity index (χ2n) is 5.99. The zero-order valence-corrected chi connectivity index (χ0v) is 13.6. The summed E-state index contributed by atoms with van der Waals surface area (Å²) in [5.74, 6) is 0.706. The third kappa shape index (κ3) is 2.47. The molecule has 3 aromatic rings. The van der Waals surface area contributed by atoms with Gasteiger partial charge in [-0.05, 0) is 25.5 Å². The highest BCUT2D eigenvalue weighted by molar-refractivity contribution is 6.00. The summed E-state index contributed by atoms with van der Waals surface area (Å²) >= 11 is 0. The molecular formula is C17H18N6O. The molecule has 1 fully saturated rings. The van der Waals surface area contributed by atoms with Crippen LogP contribution in [0.15, 0.2) is 36.7 Å². The lowest BCUT2D eigenvalue weighted by Crippen LogP contribution is -2.33. The van der Waals surface area contributed by atoms with Crippen LogP contribution in [0.1, 0.15) is 12.1 Å². The maximum atomic E-state index is 12.7. The van der Waals surface area contributed by atoms with Crippen molar-refractivity contribution in [2.24, 2.45) is 7.05 Å². The number of benzene rings is 1. The highest BCUT2D eigenvalue weighted by Crippen LogP contribution is 2.24. The van der Waals surface area contributed by atoms with Crippen LogP contribution in [0.2, 0.25) is 0 Å². The predicted octanol–water partition coefficient (Wildman–Crippen LogP) is 1.89. The van der Waals surface area contributed by atoms with Crippen LogP contribution in [0.5, 0.6) is 0 Å². The van der Waals surface area contributed by atoms with Crippen molar-refractivity contribution in [2.45, 2.75) is 19.4 Å². The van der Waals surface area contributed by atoms with E-state index >= 15 is 0 Å². The number of anilines is 2. The van der Waals surface area contributed by atoms with Gasteiger partial charge in [0.1, 0.15) is 11.9 Å². The Bertz CT molecular complexity index is 918. The van der Waals surface area contributed by atoms with E-state index in [2.05, 4.69) is 20.4 Å². The monoisotopic (exact) mass is 322 g/mol. The molecule has 7 heteroatoms. The van der Waals surface area contributed by atoms with Crippen LogP contribution in [-0.2, 0) is 11.8 Å². The van der Waals surface area contributed by atoms with Gasteiger partial charge >= 0.3 is 0 Å². The number of fused-ring (bicyclic) bond motifs is 1. The number of hydrogen-bond donors (Lipinski definition) is 1. The Hall–Kier alpha value is -2.96. The molecule has 1 aliphatic rings. The van der Waals surface area contributed by atoms with Gasteiger partial charge in [-0.25, -0.2) is 9.97 Å². The number of aromatic nitrogens is 4. The van der Waals surface area contributed by atoms with Gasteiger partial charge in [-0.2, -0.15) is 5.10 Å². The average Bonchev–Trinajstić information content (AvgIpc) is 3.14. The molecule has 1 unspecified atom stereocenters. The van der Waals surface area contributed by atoms with Crippen molar-refractivity contribution in [1.82, 2.24) is 19.7 Å². The van der Waals surface area contributed by atoms with Gasteiger partial charge in [0.15, 0.2) is 0 Å². The number of amides is 1. The lowest BCUT2D eigenvalue weighted by atomic mass is 10.2. The lowest BCUT2D eigenvalue weighted by Gasteiger charge is -2.16. The SMILES string of the molecule is Cc1nc2ccccc2nc1NC1CCN(c2cnn(C)c2)C1=O. The van der Waals surface area contributed by atoms with Crippen LogP contribution in [0.3, 0.4) is 0 Å². The molecular weight excluding hydrogens is 304 g/mol. The second kappa shape index (κ2) is 5.59. The highest BCUT2D eigenvalue weighted by atomic mass is 16.2. The summed E-state index contributed by atoms with van der Waals surface area (Å²) in [5.41, 5.74) is 3.30. The van der Waals surface area contributed by atoms with E-state index < -0.39 is 0 Å². The van der Waals surface area contributed by atoms with Crippen molar-refractivity contribution in [3.05, 3.63) is 42.4 Å². The summed E-state index contributed by atoms with van der Waals surface area (Å²) in [6.07, 6.45) is 4.28. The van der Waals surface area contributed by atoms with E-state index in [9.17, 15) is 4.79 Å². The first-order chi connectivity index (χ1) is 11.6.